The molecule has 1 aromatic rings. The Balaban J connectivity index is 2.94. The molecule has 1 atom stereocenters. The van der Waals surface area contributed by atoms with Crippen LogP contribution in [0.4, 0.5) is 5.13 Å². The minimum atomic E-state index is -3.49. The zero-order valence-electron chi connectivity index (χ0n) is 6.38. The Labute approximate surface area is 82.9 Å². The molecule has 72 valence electrons. The maximum Gasteiger partial charge on any atom is 0.234 e. The van der Waals surface area contributed by atoms with Gasteiger partial charge in [0.25, 0.3) is 0 Å². The van der Waals surface area contributed by atoms with Gasteiger partial charge in [0.15, 0.2) is 0 Å². The van der Waals surface area contributed by atoms with Crippen molar-refractivity contribution in [3.05, 3.63) is 0 Å². The van der Waals surface area contributed by atoms with Crippen molar-refractivity contribution >= 4 is 42.3 Å². The summed E-state index contributed by atoms with van der Waals surface area (Å²) in [5.41, 5.74) is 0. The van der Waals surface area contributed by atoms with Gasteiger partial charge in [0.05, 0.1) is 0 Å². The van der Waals surface area contributed by atoms with E-state index >= 15 is 0 Å². The van der Waals surface area contributed by atoms with E-state index < -0.39 is 8.77 Å². The molecule has 13 heavy (non-hydrogen) atoms. The Morgan fingerprint density at radius 3 is 2.69 bits per heavy atom. The highest BCUT2D eigenvalue weighted by atomic mass is 32.8. The molecule has 1 aromatic heterocycles. The first kappa shape index (κ1) is 10.4. The Bertz CT molecular complexity index is 423. The quantitative estimate of drug-likeness (QED) is 0.710. The van der Waals surface area contributed by atoms with Crippen LogP contribution in [0.2, 0.25) is 0 Å². The number of amides is 1. The van der Waals surface area contributed by atoms with Gasteiger partial charge in [0.1, 0.15) is 0 Å². The first-order valence-electron chi connectivity index (χ1n) is 2.98. The summed E-state index contributed by atoms with van der Waals surface area (Å²) >= 11 is 5.04. The highest BCUT2D eigenvalue weighted by Gasteiger charge is 2.13. The molecular formula is C4H5N3O3S3. The lowest BCUT2D eigenvalue weighted by Gasteiger charge is -1.91. The summed E-state index contributed by atoms with van der Waals surface area (Å²) in [7, 11) is -3.49. The van der Waals surface area contributed by atoms with Gasteiger partial charge in [0.2, 0.25) is 24.2 Å². The molecule has 2 N–H and O–H groups in total. The largest absolute Gasteiger partial charge is 0.301 e. The molecule has 0 radical (unpaired) electrons. The fourth-order valence-corrected chi connectivity index (χ4v) is 2.25. The number of rotatable bonds is 2. The fraction of sp³-hybridized carbons (Fsp3) is 0.250. The van der Waals surface area contributed by atoms with E-state index in [0.717, 1.165) is 11.3 Å². The topological polar surface area (TPSA) is 92.2 Å². The van der Waals surface area contributed by atoms with Gasteiger partial charge < -0.3 is 9.87 Å². The van der Waals surface area contributed by atoms with E-state index in [2.05, 4.69) is 26.7 Å². The first-order chi connectivity index (χ1) is 5.89. The molecule has 0 saturated carbocycles. The summed E-state index contributed by atoms with van der Waals surface area (Å²) in [6, 6.07) is 0. The SMILES string of the molecule is CC(=O)Nc1nnc(S(=O)(O)=S)s1. The molecule has 1 amide bonds. The van der Waals surface area contributed by atoms with Crippen LogP contribution in [0, 0.1) is 0 Å². The number of carbonyl (C=O) groups is 1. The summed E-state index contributed by atoms with van der Waals surface area (Å²) in [5.74, 6) is -0.323. The summed E-state index contributed by atoms with van der Waals surface area (Å²) in [6.45, 7) is 1.30. The molecule has 0 spiro atoms. The summed E-state index contributed by atoms with van der Waals surface area (Å²) in [6.07, 6.45) is 0. The van der Waals surface area contributed by atoms with Crippen LogP contribution < -0.4 is 5.32 Å². The van der Waals surface area contributed by atoms with Gasteiger partial charge >= 0.3 is 0 Å². The van der Waals surface area contributed by atoms with Gasteiger partial charge in [-0.05, 0) is 0 Å². The molecule has 0 bridgehead atoms. The van der Waals surface area contributed by atoms with Crippen molar-refractivity contribution < 1.29 is 13.6 Å². The van der Waals surface area contributed by atoms with Crippen molar-refractivity contribution in [2.24, 2.45) is 0 Å². The monoisotopic (exact) mass is 239 g/mol. The van der Waals surface area contributed by atoms with Crippen LogP contribution in [0.25, 0.3) is 0 Å². The van der Waals surface area contributed by atoms with Crippen molar-refractivity contribution in [3.63, 3.8) is 0 Å². The van der Waals surface area contributed by atoms with Crippen LogP contribution in [-0.2, 0) is 24.8 Å². The molecule has 1 heterocycles. The highest BCUT2D eigenvalue weighted by Crippen LogP contribution is 2.19. The molecule has 1 unspecified atom stereocenters. The van der Waals surface area contributed by atoms with Crippen molar-refractivity contribution in [2.75, 3.05) is 5.32 Å². The lowest BCUT2D eigenvalue weighted by Crippen LogP contribution is -2.04. The molecular weight excluding hydrogens is 234 g/mol. The predicted octanol–water partition coefficient (Wildman–Crippen LogP) is 0.0747. The van der Waals surface area contributed by atoms with Crippen LogP contribution in [-0.4, -0.2) is 24.9 Å². The zero-order valence-corrected chi connectivity index (χ0v) is 8.83. The maximum atomic E-state index is 10.9. The van der Waals surface area contributed by atoms with E-state index in [1.54, 1.807) is 0 Å². The Kier molecular flexibility index (Phi) is 2.91. The molecule has 0 aromatic carbocycles. The molecule has 0 aliphatic carbocycles. The third kappa shape index (κ3) is 2.95. The molecule has 0 aliphatic heterocycles. The number of aromatic nitrogens is 2. The number of hydrogen-bond acceptors (Lipinski definition) is 6. The normalized spacial score (nSPS) is 14.9. The number of nitrogens with one attached hydrogen (secondary N) is 1. The molecule has 0 fully saturated rings. The third-order valence-corrected chi connectivity index (χ3v) is 3.78. The van der Waals surface area contributed by atoms with Gasteiger partial charge in [-0.25, -0.2) is 4.21 Å². The Morgan fingerprint density at radius 1 is 1.69 bits per heavy atom. The third-order valence-electron chi connectivity index (χ3n) is 0.910. The second kappa shape index (κ2) is 3.62. The van der Waals surface area contributed by atoms with Crippen molar-refractivity contribution in [3.8, 4) is 0 Å². The molecule has 6 nitrogen and oxygen atoms in total. The van der Waals surface area contributed by atoms with Gasteiger partial charge in [-0.15, -0.1) is 10.2 Å². The standard InChI is InChI=1S/C4H5N3O3S3/c1-2(8)5-3-6-7-4(12-3)13(9,10)11/h1H3,(H,5,6,8)(H,9,10,11). The van der Waals surface area contributed by atoms with E-state index in [1.807, 2.05) is 0 Å². The number of anilines is 1. The van der Waals surface area contributed by atoms with Crippen molar-refractivity contribution in [1.29, 1.82) is 0 Å². The second-order valence-electron chi connectivity index (χ2n) is 2.03. The fourth-order valence-electron chi connectivity index (χ4n) is 0.515. The van der Waals surface area contributed by atoms with Crippen LogP contribution in [0.1, 0.15) is 6.92 Å². The van der Waals surface area contributed by atoms with E-state index in [-0.39, 0.29) is 15.4 Å². The number of hydrogen-bond donors (Lipinski definition) is 2. The Morgan fingerprint density at radius 2 is 2.31 bits per heavy atom. The van der Waals surface area contributed by atoms with Crippen LogP contribution in [0.15, 0.2) is 4.34 Å². The molecule has 1 rings (SSSR count). The summed E-state index contributed by atoms with van der Waals surface area (Å²) < 4.78 is 19.6. The second-order valence-corrected chi connectivity index (χ2v) is 5.96. The van der Waals surface area contributed by atoms with Crippen LogP contribution in [0.5, 0.6) is 0 Å². The van der Waals surface area contributed by atoms with Crippen LogP contribution in [0.3, 0.4) is 0 Å². The average Bonchev–Trinajstić information content (AvgIpc) is 2.32. The summed E-state index contributed by atoms with van der Waals surface area (Å²) in [4.78, 5) is 10.5. The first-order valence-corrected chi connectivity index (χ1v) is 6.24. The van der Waals surface area contributed by atoms with Gasteiger partial charge in [-0.1, -0.05) is 11.3 Å². The maximum absolute atomic E-state index is 10.9. The predicted molar refractivity (Wildman–Crippen MR) is 50.6 cm³/mol. The average molecular weight is 239 g/mol. The van der Waals surface area contributed by atoms with Crippen molar-refractivity contribution in [1.82, 2.24) is 10.2 Å². The minimum Gasteiger partial charge on any atom is -0.301 e. The highest BCUT2D eigenvalue weighted by molar-refractivity contribution is 8.30. The lowest BCUT2D eigenvalue weighted by atomic mass is 10.7. The van der Waals surface area contributed by atoms with Crippen molar-refractivity contribution in [2.45, 2.75) is 11.3 Å². The van der Waals surface area contributed by atoms with E-state index in [4.69, 9.17) is 4.55 Å². The number of nitrogens with zero attached hydrogens (tertiary/aromatic N) is 2. The zero-order chi connectivity index (χ0) is 10.1. The lowest BCUT2D eigenvalue weighted by molar-refractivity contribution is -0.114. The van der Waals surface area contributed by atoms with E-state index in [1.165, 1.54) is 6.92 Å². The molecule has 0 aliphatic rings. The minimum absolute atomic E-state index is 0.161. The van der Waals surface area contributed by atoms with E-state index in [9.17, 15) is 9.00 Å². The smallest absolute Gasteiger partial charge is 0.234 e. The molecule has 0 saturated heterocycles. The van der Waals surface area contributed by atoms with Gasteiger partial charge in [-0.3, -0.25) is 4.79 Å². The van der Waals surface area contributed by atoms with Crippen LogP contribution >= 0.6 is 11.3 Å². The summed E-state index contributed by atoms with van der Waals surface area (Å²) in [5, 5.41) is 9.30. The van der Waals surface area contributed by atoms with Gasteiger partial charge in [-0.2, -0.15) is 0 Å². The molecule has 9 heteroatoms. The number of carbonyl (C=O) groups excluding carboxylic acids is 1. The Hall–Kier alpha value is -0.640. The van der Waals surface area contributed by atoms with E-state index in [0.29, 0.717) is 0 Å². The van der Waals surface area contributed by atoms with Gasteiger partial charge in [0, 0.05) is 18.1 Å².